The lowest BCUT2D eigenvalue weighted by atomic mass is 10.1. The van der Waals surface area contributed by atoms with E-state index in [9.17, 15) is 4.57 Å². The summed E-state index contributed by atoms with van der Waals surface area (Å²) < 4.78 is 15.0. The van der Waals surface area contributed by atoms with E-state index in [2.05, 4.69) is 123 Å². The third-order valence-corrected chi connectivity index (χ3v) is 17.5. The summed E-state index contributed by atoms with van der Waals surface area (Å²) in [5.74, 6) is 0. The number of nitrogens with one attached hydrogen (secondary N) is 1. The molecule has 1 atom stereocenters. The SMILES string of the molecule is CC(C)(C)[Si](CC/C=C/C(NP(=O)(c1ccccc1)c1ccccc1)c1ccccc1)(c1ccccc1)c1ccccc1. The number of allylic oxidation sites excluding steroid dienone is 1. The van der Waals surface area contributed by atoms with Gasteiger partial charge in [0.15, 0.2) is 0 Å². The van der Waals surface area contributed by atoms with Gasteiger partial charge in [0.05, 0.1) is 6.04 Å². The first kappa shape index (κ1) is 30.7. The normalized spacial score (nSPS) is 13.2. The Morgan fingerprint density at radius 2 is 1.02 bits per heavy atom. The summed E-state index contributed by atoms with van der Waals surface area (Å²) in [6.07, 6.45) is 5.47. The number of rotatable bonds is 11. The van der Waals surface area contributed by atoms with Crippen LogP contribution in [0.1, 0.15) is 38.8 Å². The molecular weight excluding hydrogens is 557 g/mol. The second-order valence-electron chi connectivity index (χ2n) is 12.2. The van der Waals surface area contributed by atoms with Crippen LogP contribution in [0.15, 0.2) is 164 Å². The first-order valence-electron chi connectivity index (χ1n) is 15.2. The van der Waals surface area contributed by atoms with Crippen LogP contribution in [0.25, 0.3) is 0 Å². The highest BCUT2D eigenvalue weighted by Gasteiger charge is 2.46. The monoisotopic (exact) mass is 599 g/mol. The minimum absolute atomic E-state index is 0.108. The van der Waals surface area contributed by atoms with Crippen LogP contribution in [0, 0.1) is 0 Å². The summed E-state index contributed by atoms with van der Waals surface area (Å²) in [5.41, 5.74) is 1.09. The molecule has 5 rings (SSSR count). The lowest BCUT2D eigenvalue weighted by Gasteiger charge is -2.44. The van der Waals surface area contributed by atoms with E-state index in [1.54, 1.807) is 0 Å². The molecule has 5 aromatic rings. The molecule has 1 N–H and O–H groups in total. The van der Waals surface area contributed by atoms with Crippen LogP contribution in [-0.4, -0.2) is 8.07 Å². The van der Waals surface area contributed by atoms with E-state index in [1.165, 1.54) is 10.4 Å². The lowest BCUT2D eigenvalue weighted by molar-refractivity contribution is 0.573. The summed E-state index contributed by atoms with van der Waals surface area (Å²) in [4.78, 5) is 0. The molecule has 4 heteroatoms. The molecule has 43 heavy (non-hydrogen) atoms. The van der Waals surface area contributed by atoms with Crippen molar-refractivity contribution in [1.82, 2.24) is 5.09 Å². The van der Waals surface area contributed by atoms with Crippen molar-refractivity contribution in [3.05, 3.63) is 169 Å². The Morgan fingerprint density at radius 1 is 0.628 bits per heavy atom. The highest BCUT2D eigenvalue weighted by Crippen LogP contribution is 2.43. The summed E-state index contributed by atoms with van der Waals surface area (Å²) in [6, 6.07) is 53.2. The van der Waals surface area contributed by atoms with E-state index in [1.807, 2.05) is 66.7 Å². The largest absolute Gasteiger partial charge is 0.296 e. The van der Waals surface area contributed by atoms with Crippen molar-refractivity contribution >= 4 is 36.3 Å². The number of benzene rings is 5. The summed E-state index contributed by atoms with van der Waals surface area (Å²) in [6.45, 7) is 7.23. The van der Waals surface area contributed by atoms with Gasteiger partial charge in [-0.2, -0.15) is 0 Å². The Bertz CT molecular complexity index is 1550. The van der Waals surface area contributed by atoms with Crippen molar-refractivity contribution in [3.63, 3.8) is 0 Å². The van der Waals surface area contributed by atoms with E-state index in [0.29, 0.717) is 0 Å². The van der Waals surface area contributed by atoms with Crippen LogP contribution in [0.3, 0.4) is 0 Å². The zero-order chi connectivity index (χ0) is 30.2. The Morgan fingerprint density at radius 3 is 1.44 bits per heavy atom. The molecule has 0 saturated heterocycles. The fraction of sp³-hybridized carbons (Fsp3) is 0.179. The van der Waals surface area contributed by atoms with Gasteiger partial charge in [-0.05, 0) is 47.3 Å². The van der Waals surface area contributed by atoms with E-state index < -0.39 is 15.4 Å². The van der Waals surface area contributed by atoms with Gasteiger partial charge in [0, 0.05) is 10.6 Å². The Balaban J connectivity index is 1.51. The van der Waals surface area contributed by atoms with Gasteiger partial charge in [-0.15, -0.1) is 0 Å². The van der Waals surface area contributed by atoms with Gasteiger partial charge in [0.25, 0.3) is 0 Å². The van der Waals surface area contributed by atoms with Crippen molar-refractivity contribution in [1.29, 1.82) is 0 Å². The molecule has 2 nitrogen and oxygen atoms in total. The molecule has 0 heterocycles. The third-order valence-electron chi connectivity index (χ3n) is 8.55. The van der Waals surface area contributed by atoms with Gasteiger partial charge in [0.1, 0.15) is 8.07 Å². The zero-order valence-corrected chi connectivity index (χ0v) is 27.3. The van der Waals surface area contributed by atoms with Crippen LogP contribution in [-0.2, 0) is 4.57 Å². The van der Waals surface area contributed by atoms with E-state index in [-0.39, 0.29) is 11.1 Å². The molecule has 5 aromatic carbocycles. The molecule has 0 radical (unpaired) electrons. The highest BCUT2D eigenvalue weighted by atomic mass is 31.2. The molecule has 0 spiro atoms. The van der Waals surface area contributed by atoms with Crippen molar-refractivity contribution in [2.75, 3.05) is 0 Å². The van der Waals surface area contributed by atoms with E-state index in [4.69, 9.17) is 0 Å². The average molecular weight is 600 g/mol. The van der Waals surface area contributed by atoms with Crippen LogP contribution in [0.4, 0.5) is 0 Å². The van der Waals surface area contributed by atoms with Gasteiger partial charge >= 0.3 is 0 Å². The summed E-state index contributed by atoms with van der Waals surface area (Å²) in [5, 5.41) is 8.31. The molecule has 0 amide bonds. The minimum Gasteiger partial charge on any atom is -0.296 e. The molecule has 1 unspecified atom stereocenters. The van der Waals surface area contributed by atoms with Crippen molar-refractivity contribution in [3.8, 4) is 0 Å². The fourth-order valence-electron chi connectivity index (χ4n) is 6.33. The summed E-state index contributed by atoms with van der Waals surface area (Å²) >= 11 is 0. The first-order chi connectivity index (χ1) is 20.8. The molecule has 0 aliphatic rings. The highest BCUT2D eigenvalue weighted by molar-refractivity contribution is 7.76. The third kappa shape index (κ3) is 6.76. The van der Waals surface area contributed by atoms with Gasteiger partial charge in [-0.3, -0.25) is 4.57 Å². The second-order valence-corrected chi connectivity index (χ2v) is 19.6. The first-order valence-corrected chi connectivity index (χ1v) is 19.1. The predicted molar refractivity (Wildman–Crippen MR) is 188 cm³/mol. The molecule has 0 bridgehead atoms. The minimum atomic E-state index is -3.14. The number of hydrogen-bond donors (Lipinski definition) is 1. The average Bonchev–Trinajstić information content (AvgIpc) is 3.05. The fourth-order valence-corrected chi connectivity index (χ4v) is 14.3. The standard InChI is InChI=1S/C39H42NOPSi/c1-39(2,3)43(36-27-15-7-16-28-36,37-29-17-8-18-30-37)32-20-19-31-38(33-21-9-4-10-22-33)40-42(41,34-23-11-5-12-24-34)35-25-13-6-14-26-35/h4-19,21-31,38H,20,32H2,1-3H3,(H,40,41)/b31-19+. The van der Waals surface area contributed by atoms with Crippen LogP contribution in [0.5, 0.6) is 0 Å². The topological polar surface area (TPSA) is 29.1 Å². The van der Waals surface area contributed by atoms with E-state index in [0.717, 1.165) is 28.6 Å². The second kappa shape index (κ2) is 13.7. The lowest BCUT2D eigenvalue weighted by Crippen LogP contribution is -2.64. The van der Waals surface area contributed by atoms with Crippen molar-refractivity contribution in [2.24, 2.45) is 0 Å². The maximum atomic E-state index is 15.0. The van der Waals surface area contributed by atoms with Gasteiger partial charge in [-0.1, -0.05) is 171 Å². The summed E-state index contributed by atoms with van der Waals surface area (Å²) in [7, 11) is -5.32. The van der Waals surface area contributed by atoms with Gasteiger partial charge in [-0.25, -0.2) is 5.09 Å². The van der Waals surface area contributed by atoms with Gasteiger partial charge < -0.3 is 0 Å². The molecule has 0 aromatic heterocycles. The molecule has 0 aliphatic carbocycles. The maximum Gasteiger partial charge on any atom is 0.205 e. The zero-order valence-electron chi connectivity index (χ0n) is 25.4. The molecule has 0 fully saturated rings. The van der Waals surface area contributed by atoms with Crippen LogP contribution in [0.2, 0.25) is 11.1 Å². The molecule has 0 saturated carbocycles. The van der Waals surface area contributed by atoms with Gasteiger partial charge in [0.2, 0.25) is 7.29 Å². The van der Waals surface area contributed by atoms with Crippen LogP contribution < -0.4 is 26.1 Å². The smallest absolute Gasteiger partial charge is 0.205 e. The van der Waals surface area contributed by atoms with Crippen molar-refractivity contribution in [2.45, 2.75) is 44.3 Å². The quantitative estimate of drug-likeness (QED) is 0.0941. The molecule has 0 aliphatic heterocycles. The Hall–Kier alpha value is -3.75. The Kier molecular flexibility index (Phi) is 9.78. The molecule has 218 valence electrons. The van der Waals surface area contributed by atoms with Crippen LogP contribution >= 0.6 is 7.29 Å². The Labute approximate surface area is 259 Å². The molecular formula is C39H42NOPSi. The van der Waals surface area contributed by atoms with Crippen molar-refractivity contribution < 1.29 is 4.57 Å². The number of hydrogen-bond acceptors (Lipinski definition) is 1. The predicted octanol–water partition coefficient (Wildman–Crippen LogP) is 8.26. The maximum absolute atomic E-state index is 15.0. The van der Waals surface area contributed by atoms with E-state index >= 15 is 0 Å².